The van der Waals surface area contributed by atoms with E-state index in [0.29, 0.717) is 0 Å². The Bertz CT molecular complexity index is 221. The summed E-state index contributed by atoms with van der Waals surface area (Å²) in [7, 11) is 0. The zero-order chi connectivity index (χ0) is 10.0. The maximum atomic E-state index is 11.1. The van der Waals surface area contributed by atoms with Gasteiger partial charge in [0.05, 0.1) is 12.2 Å². The van der Waals surface area contributed by atoms with E-state index in [9.17, 15) is 9.59 Å². The lowest BCUT2D eigenvalue weighted by atomic mass is 10.3. The van der Waals surface area contributed by atoms with Crippen molar-refractivity contribution in [2.45, 2.75) is 18.6 Å². The van der Waals surface area contributed by atoms with Gasteiger partial charge < -0.3 is 20.8 Å². The molecule has 1 rings (SSSR count). The number of aliphatic hydroxyl groups excluding tert-OH is 2. The highest BCUT2D eigenvalue weighted by Gasteiger charge is 2.32. The Kier molecular flexibility index (Phi) is 2.84. The third kappa shape index (κ3) is 2.40. The molecule has 74 valence electrons. The summed E-state index contributed by atoms with van der Waals surface area (Å²) in [4.78, 5) is 22.8. The van der Waals surface area contributed by atoms with Crippen molar-refractivity contribution in [1.82, 2.24) is 4.90 Å². The second-order valence-electron chi connectivity index (χ2n) is 3.08. The molecule has 1 saturated heterocycles. The van der Waals surface area contributed by atoms with Gasteiger partial charge in [-0.15, -0.1) is 0 Å². The van der Waals surface area contributed by atoms with Crippen LogP contribution in [0.15, 0.2) is 0 Å². The molecule has 1 fully saturated rings. The van der Waals surface area contributed by atoms with Crippen molar-refractivity contribution in [3.8, 4) is 0 Å². The van der Waals surface area contributed by atoms with Crippen LogP contribution < -0.4 is 5.73 Å². The molecule has 1 aliphatic heterocycles. The summed E-state index contributed by atoms with van der Waals surface area (Å²) >= 11 is 0. The lowest BCUT2D eigenvalue weighted by Crippen LogP contribution is -2.33. The predicted octanol–water partition coefficient (Wildman–Crippen LogP) is -2.57. The van der Waals surface area contributed by atoms with Crippen molar-refractivity contribution in [2.24, 2.45) is 5.73 Å². The molecular weight excluding hydrogens is 176 g/mol. The Morgan fingerprint density at radius 2 is 1.77 bits per heavy atom. The van der Waals surface area contributed by atoms with Crippen LogP contribution in [-0.2, 0) is 9.59 Å². The van der Waals surface area contributed by atoms with Gasteiger partial charge in [-0.3, -0.25) is 9.59 Å². The van der Waals surface area contributed by atoms with Crippen LogP contribution >= 0.6 is 0 Å². The summed E-state index contributed by atoms with van der Waals surface area (Å²) < 4.78 is 0. The van der Waals surface area contributed by atoms with Gasteiger partial charge in [0.2, 0.25) is 11.8 Å². The maximum absolute atomic E-state index is 11.1. The van der Waals surface area contributed by atoms with Crippen LogP contribution in [0.5, 0.6) is 0 Å². The van der Waals surface area contributed by atoms with Gasteiger partial charge >= 0.3 is 0 Å². The Morgan fingerprint density at radius 3 is 2.15 bits per heavy atom. The van der Waals surface area contributed by atoms with E-state index in [1.807, 2.05) is 0 Å². The average molecular weight is 188 g/mol. The summed E-state index contributed by atoms with van der Waals surface area (Å²) in [5.74, 6) is -1.16. The highest BCUT2D eigenvalue weighted by atomic mass is 16.3. The summed E-state index contributed by atoms with van der Waals surface area (Å²) in [6, 6.07) is 0. The molecule has 6 heteroatoms. The summed E-state index contributed by atoms with van der Waals surface area (Å²) in [6.07, 6.45) is -2.21. The molecule has 0 unspecified atom stereocenters. The van der Waals surface area contributed by atoms with Gasteiger partial charge in [0, 0.05) is 13.1 Å². The van der Waals surface area contributed by atoms with Gasteiger partial charge in [-0.25, -0.2) is 0 Å². The highest BCUT2D eigenvalue weighted by molar-refractivity contribution is 5.96. The lowest BCUT2D eigenvalue weighted by molar-refractivity contribution is -0.134. The van der Waals surface area contributed by atoms with Gasteiger partial charge in [-0.05, 0) is 0 Å². The standard InChI is InChI=1S/C7H12N2O4/c8-6(12)1-7(13)9-2-4(10)5(11)3-9/h4-5,10-11H,1-3H2,(H2,8,12)/t4-,5+. The third-order valence-corrected chi connectivity index (χ3v) is 1.94. The minimum absolute atomic E-state index is 0.0628. The number of carbonyl (C=O) groups is 2. The van der Waals surface area contributed by atoms with E-state index in [2.05, 4.69) is 0 Å². The van der Waals surface area contributed by atoms with Crippen molar-refractivity contribution in [2.75, 3.05) is 13.1 Å². The van der Waals surface area contributed by atoms with Gasteiger partial charge in [-0.2, -0.15) is 0 Å². The SMILES string of the molecule is NC(=O)CC(=O)N1C[C@@H](O)[C@@H](O)C1. The molecule has 2 atom stereocenters. The number of aliphatic hydroxyl groups is 2. The molecule has 4 N–H and O–H groups in total. The molecule has 6 nitrogen and oxygen atoms in total. The van der Waals surface area contributed by atoms with E-state index in [1.165, 1.54) is 4.90 Å². The quantitative estimate of drug-likeness (QED) is 0.414. The maximum Gasteiger partial charge on any atom is 0.232 e. The second kappa shape index (κ2) is 3.71. The Hall–Kier alpha value is -1.14. The molecule has 0 radical (unpaired) electrons. The first-order valence-electron chi connectivity index (χ1n) is 3.93. The van der Waals surface area contributed by atoms with Crippen LogP contribution in [0, 0.1) is 0 Å². The van der Waals surface area contributed by atoms with Gasteiger partial charge in [-0.1, -0.05) is 0 Å². The highest BCUT2D eigenvalue weighted by Crippen LogP contribution is 2.10. The second-order valence-corrected chi connectivity index (χ2v) is 3.08. The first-order valence-corrected chi connectivity index (χ1v) is 3.93. The molecule has 1 heterocycles. The van der Waals surface area contributed by atoms with E-state index < -0.39 is 24.0 Å². The fraction of sp³-hybridized carbons (Fsp3) is 0.714. The first kappa shape index (κ1) is 9.94. The van der Waals surface area contributed by atoms with Crippen molar-refractivity contribution in [1.29, 1.82) is 0 Å². The Balaban J connectivity index is 2.46. The Morgan fingerprint density at radius 1 is 1.31 bits per heavy atom. The topological polar surface area (TPSA) is 104 Å². The number of nitrogens with zero attached hydrogens (tertiary/aromatic N) is 1. The molecular formula is C7H12N2O4. The zero-order valence-corrected chi connectivity index (χ0v) is 7.01. The fourth-order valence-electron chi connectivity index (χ4n) is 1.23. The van der Waals surface area contributed by atoms with Crippen LogP contribution in [0.25, 0.3) is 0 Å². The van der Waals surface area contributed by atoms with Gasteiger partial charge in [0.25, 0.3) is 0 Å². The zero-order valence-electron chi connectivity index (χ0n) is 7.01. The molecule has 0 aliphatic carbocycles. The predicted molar refractivity (Wildman–Crippen MR) is 42.4 cm³/mol. The number of carbonyl (C=O) groups excluding carboxylic acids is 2. The number of nitrogens with two attached hydrogens (primary N) is 1. The summed E-state index contributed by atoms with van der Waals surface area (Å²) in [5, 5.41) is 18.2. The molecule has 0 aromatic heterocycles. The number of hydrogen-bond donors (Lipinski definition) is 3. The fourth-order valence-corrected chi connectivity index (χ4v) is 1.23. The van der Waals surface area contributed by atoms with E-state index in [1.54, 1.807) is 0 Å². The van der Waals surface area contributed by atoms with Crippen molar-refractivity contribution < 1.29 is 19.8 Å². The molecule has 1 aliphatic rings. The molecule has 0 aromatic carbocycles. The summed E-state index contributed by atoms with van der Waals surface area (Å²) in [5.41, 5.74) is 4.82. The molecule has 0 saturated carbocycles. The van der Waals surface area contributed by atoms with E-state index in [4.69, 9.17) is 15.9 Å². The van der Waals surface area contributed by atoms with Crippen molar-refractivity contribution in [3.63, 3.8) is 0 Å². The van der Waals surface area contributed by atoms with Crippen LogP contribution in [0.1, 0.15) is 6.42 Å². The Labute approximate surface area is 74.9 Å². The van der Waals surface area contributed by atoms with E-state index in [0.717, 1.165) is 0 Å². The number of hydrogen-bond acceptors (Lipinski definition) is 4. The normalized spacial score (nSPS) is 27.7. The smallest absolute Gasteiger partial charge is 0.232 e. The van der Waals surface area contributed by atoms with Crippen LogP contribution in [0.3, 0.4) is 0 Å². The molecule has 13 heavy (non-hydrogen) atoms. The van der Waals surface area contributed by atoms with Crippen molar-refractivity contribution in [3.05, 3.63) is 0 Å². The van der Waals surface area contributed by atoms with E-state index >= 15 is 0 Å². The van der Waals surface area contributed by atoms with Gasteiger partial charge in [0.15, 0.2) is 0 Å². The largest absolute Gasteiger partial charge is 0.388 e. The number of primary amides is 1. The minimum Gasteiger partial charge on any atom is -0.388 e. The molecule has 0 bridgehead atoms. The van der Waals surface area contributed by atoms with Crippen molar-refractivity contribution >= 4 is 11.8 Å². The molecule has 0 spiro atoms. The number of likely N-dealkylation sites (tertiary alicyclic amines) is 1. The van der Waals surface area contributed by atoms with Crippen LogP contribution in [0.4, 0.5) is 0 Å². The van der Waals surface area contributed by atoms with Crippen LogP contribution in [0.2, 0.25) is 0 Å². The number of rotatable bonds is 2. The molecule has 2 amide bonds. The first-order chi connectivity index (χ1) is 6.00. The lowest BCUT2D eigenvalue weighted by Gasteiger charge is -2.13. The minimum atomic E-state index is -0.920. The monoisotopic (exact) mass is 188 g/mol. The van der Waals surface area contributed by atoms with Gasteiger partial charge in [0.1, 0.15) is 6.42 Å². The number of β-amino-alcohol motifs (C(OH)–C–C–N with tert-alkyl or cyclic N) is 2. The average Bonchev–Trinajstić information content (AvgIpc) is 2.31. The summed E-state index contributed by atoms with van der Waals surface area (Å²) in [6.45, 7) is 0.126. The van der Waals surface area contributed by atoms with Crippen LogP contribution in [-0.4, -0.2) is 52.2 Å². The number of amides is 2. The molecule has 0 aromatic rings. The van der Waals surface area contributed by atoms with E-state index in [-0.39, 0.29) is 19.5 Å². The third-order valence-electron chi connectivity index (χ3n) is 1.94.